The van der Waals surface area contributed by atoms with Crippen LogP contribution in [0.1, 0.15) is 36.3 Å². The first-order valence-corrected chi connectivity index (χ1v) is 11.2. The van der Waals surface area contributed by atoms with Gasteiger partial charge in [-0.3, -0.25) is 9.59 Å². The molecule has 1 saturated carbocycles. The molecule has 0 radical (unpaired) electrons. The van der Waals surface area contributed by atoms with Crippen molar-refractivity contribution in [1.29, 1.82) is 0 Å². The average molecular weight is 449 g/mol. The van der Waals surface area contributed by atoms with Gasteiger partial charge >= 0.3 is 12.1 Å². The Morgan fingerprint density at radius 2 is 1.73 bits per heavy atom. The second-order valence-electron chi connectivity index (χ2n) is 8.57. The van der Waals surface area contributed by atoms with Crippen LogP contribution < -0.4 is 10.6 Å². The molecule has 3 atom stereocenters. The number of benzene rings is 2. The van der Waals surface area contributed by atoms with Crippen LogP contribution in [0.3, 0.4) is 0 Å². The van der Waals surface area contributed by atoms with Crippen LogP contribution in [0.4, 0.5) is 4.79 Å². The van der Waals surface area contributed by atoms with Crippen molar-refractivity contribution in [3.63, 3.8) is 0 Å². The number of rotatable bonds is 10. The lowest BCUT2D eigenvalue weighted by Gasteiger charge is -2.19. The summed E-state index contributed by atoms with van der Waals surface area (Å²) in [6, 6.07) is 15.4. The van der Waals surface area contributed by atoms with Crippen LogP contribution in [-0.4, -0.2) is 42.3 Å². The largest absolute Gasteiger partial charge is 0.481 e. The van der Waals surface area contributed by atoms with Crippen LogP contribution >= 0.6 is 0 Å². The number of hydrogen-bond donors (Lipinski definition) is 3. The topological polar surface area (TPSA) is 105 Å². The van der Waals surface area contributed by atoms with Gasteiger partial charge in [0.15, 0.2) is 0 Å². The standard InChI is InChI=1S/C26H28N2O5/c1-2-3-12-23(24(29)27-14-16-13-21(16)25(30)31)28-26(32)33-15-22-19-10-6-4-8-17(19)18-9-5-7-11-20(18)22/h2,4-11,16,21-23H,1,3,12-15H2,(H,27,29)(H,28,32)(H,30,31). The van der Waals surface area contributed by atoms with E-state index in [0.29, 0.717) is 19.3 Å². The number of hydrogen-bond acceptors (Lipinski definition) is 4. The third-order valence-corrected chi connectivity index (χ3v) is 6.39. The molecule has 0 bridgehead atoms. The van der Waals surface area contributed by atoms with Gasteiger partial charge in [0.05, 0.1) is 5.92 Å². The van der Waals surface area contributed by atoms with Crippen molar-refractivity contribution in [2.45, 2.75) is 31.2 Å². The summed E-state index contributed by atoms with van der Waals surface area (Å²) in [4.78, 5) is 36.2. The number of alkyl carbamates (subject to hydrolysis) is 1. The van der Waals surface area contributed by atoms with Crippen LogP contribution in [0.2, 0.25) is 0 Å². The number of carbonyl (C=O) groups is 3. The highest BCUT2D eigenvalue weighted by atomic mass is 16.5. The van der Waals surface area contributed by atoms with E-state index in [4.69, 9.17) is 9.84 Å². The number of nitrogens with one attached hydrogen (secondary N) is 2. The van der Waals surface area contributed by atoms with Crippen LogP contribution in [0.5, 0.6) is 0 Å². The van der Waals surface area contributed by atoms with Gasteiger partial charge in [-0.05, 0) is 47.4 Å². The maximum absolute atomic E-state index is 12.6. The number of carboxylic acid groups (broad SMARTS) is 1. The number of aliphatic carboxylic acids is 1. The number of allylic oxidation sites excluding steroid dienone is 1. The Balaban J connectivity index is 1.34. The quantitative estimate of drug-likeness (QED) is 0.481. The van der Waals surface area contributed by atoms with Crippen molar-refractivity contribution in [3.05, 3.63) is 72.3 Å². The molecule has 2 aromatic rings. The van der Waals surface area contributed by atoms with E-state index in [1.54, 1.807) is 6.08 Å². The fourth-order valence-electron chi connectivity index (χ4n) is 4.47. The molecule has 0 saturated heterocycles. The lowest BCUT2D eigenvalue weighted by atomic mass is 9.98. The molecule has 33 heavy (non-hydrogen) atoms. The van der Waals surface area contributed by atoms with E-state index in [2.05, 4.69) is 29.3 Å². The minimum Gasteiger partial charge on any atom is -0.481 e. The fraction of sp³-hybridized carbons (Fsp3) is 0.346. The lowest BCUT2D eigenvalue weighted by molar-refractivity contribution is -0.139. The van der Waals surface area contributed by atoms with Crippen LogP contribution in [0.15, 0.2) is 61.2 Å². The Hall–Kier alpha value is -3.61. The van der Waals surface area contributed by atoms with Gasteiger partial charge in [0, 0.05) is 12.5 Å². The van der Waals surface area contributed by atoms with E-state index in [9.17, 15) is 14.4 Å². The van der Waals surface area contributed by atoms with Gasteiger partial charge < -0.3 is 20.5 Å². The van der Waals surface area contributed by atoms with Crippen LogP contribution in [0, 0.1) is 11.8 Å². The second kappa shape index (κ2) is 9.90. The summed E-state index contributed by atoms with van der Waals surface area (Å²) in [6.07, 6.45) is 2.51. The summed E-state index contributed by atoms with van der Waals surface area (Å²) < 4.78 is 5.55. The van der Waals surface area contributed by atoms with E-state index >= 15 is 0 Å². The van der Waals surface area contributed by atoms with Crippen molar-refractivity contribution in [1.82, 2.24) is 10.6 Å². The molecule has 3 unspecified atom stereocenters. The minimum atomic E-state index is -0.839. The maximum Gasteiger partial charge on any atom is 0.407 e. The number of carbonyl (C=O) groups excluding carboxylic acids is 2. The number of fused-ring (bicyclic) bond motifs is 3. The second-order valence-corrected chi connectivity index (χ2v) is 8.57. The first kappa shape index (κ1) is 22.6. The predicted molar refractivity (Wildman–Crippen MR) is 124 cm³/mol. The summed E-state index contributed by atoms with van der Waals surface area (Å²) >= 11 is 0. The molecule has 2 amide bonds. The van der Waals surface area contributed by atoms with Gasteiger partial charge in [0.25, 0.3) is 0 Å². The third-order valence-electron chi connectivity index (χ3n) is 6.39. The zero-order valence-corrected chi connectivity index (χ0v) is 18.3. The van der Waals surface area contributed by atoms with Gasteiger partial charge in [-0.1, -0.05) is 54.6 Å². The molecule has 2 aliphatic rings. The molecule has 7 heteroatoms. The molecule has 3 N–H and O–H groups in total. The Morgan fingerprint density at radius 1 is 1.09 bits per heavy atom. The molecule has 1 fully saturated rings. The highest BCUT2D eigenvalue weighted by molar-refractivity contribution is 5.86. The molecule has 7 nitrogen and oxygen atoms in total. The van der Waals surface area contributed by atoms with E-state index < -0.39 is 24.0 Å². The number of ether oxygens (including phenoxy) is 1. The molecule has 0 spiro atoms. The van der Waals surface area contributed by atoms with Gasteiger partial charge in [0.1, 0.15) is 12.6 Å². The maximum atomic E-state index is 12.6. The highest BCUT2D eigenvalue weighted by Gasteiger charge is 2.43. The van der Waals surface area contributed by atoms with E-state index in [1.807, 2.05) is 36.4 Å². The molecule has 0 aromatic heterocycles. The summed E-state index contributed by atoms with van der Waals surface area (Å²) in [5, 5.41) is 14.4. The zero-order valence-electron chi connectivity index (χ0n) is 18.3. The first-order chi connectivity index (χ1) is 16.0. The first-order valence-electron chi connectivity index (χ1n) is 11.2. The van der Waals surface area contributed by atoms with Crippen LogP contribution in [0.25, 0.3) is 11.1 Å². The molecule has 0 aliphatic heterocycles. The summed E-state index contributed by atoms with van der Waals surface area (Å²) in [6.45, 7) is 4.12. The van der Waals surface area contributed by atoms with Crippen molar-refractivity contribution >= 4 is 18.0 Å². The highest BCUT2D eigenvalue weighted by Crippen LogP contribution is 2.44. The summed E-state index contributed by atoms with van der Waals surface area (Å²) in [5.41, 5.74) is 4.52. The van der Waals surface area contributed by atoms with E-state index in [1.165, 1.54) is 0 Å². The van der Waals surface area contributed by atoms with Crippen molar-refractivity contribution < 1.29 is 24.2 Å². The zero-order chi connectivity index (χ0) is 23.4. The van der Waals surface area contributed by atoms with Crippen molar-refractivity contribution in [2.75, 3.05) is 13.2 Å². The van der Waals surface area contributed by atoms with Gasteiger partial charge in [-0.25, -0.2) is 4.79 Å². The van der Waals surface area contributed by atoms with Gasteiger partial charge in [0.2, 0.25) is 5.91 Å². The predicted octanol–water partition coefficient (Wildman–Crippen LogP) is 3.70. The summed E-state index contributed by atoms with van der Waals surface area (Å²) in [7, 11) is 0. The van der Waals surface area contributed by atoms with E-state index in [-0.39, 0.29) is 30.9 Å². The fourth-order valence-corrected chi connectivity index (χ4v) is 4.47. The van der Waals surface area contributed by atoms with E-state index in [0.717, 1.165) is 22.3 Å². The van der Waals surface area contributed by atoms with Gasteiger partial charge in [-0.2, -0.15) is 0 Å². The van der Waals surface area contributed by atoms with Crippen molar-refractivity contribution in [2.24, 2.45) is 11.8 Å². The summed E-state index contributed by atoms with van der Waals surface area (Å²) in [5.74, 6) is -1.70. The average Bonchev–Trinajstić information content (AvgIpc) is 3.54. The Morgan fingerprint density at radius 3 is 2.30 bits per heavy atom. The van der Waals surface area contributed by atoms with Gasteiger partial charge in [-0.15, -0.1) is 6.58 Å². The SMILES string of the molecule is C=CCCC(NC(=O)OCC1c2ccccc2-c2ccccc21)C(=O)NCC1CC1C(=O)O. The number of amides is 2. The lowest BCUT2D eigenvalue weighted by Crippen LogP contribution is -2.47. The van der Waals surface area contributed by atoms with Crippen LogP contribution in [-0.2, 0) is 14.3 Å². The third kappa shape index (κ3) is 5.08. The molecule has 4 rings (SSSR count). The molecule has 172 valence electrons. The number of carboxylic acids is 1. The normalized spacial score (nSPS) is 19.0. The molecular weight excluding hydrogens is 420 g/mol. The Labute approximate surface area is 192 Å². The molecule has 2 aliphatic carbocycles. The monoisotopic (exact) mass is 448 g/mol. The van der Waals surface area contributed by atoms with Crippen molar-refractivity contribution in [3.8, 4) is 11.1 Å². The minimum absolute atomic E-state index is 0.0547. The molecular formula is C26H28N2O5. The Bertz CT molecular complexity index is 1020. The molecule has 0 heterocycles. The Kier molecular flexibility index (Phi) is 6.77. The molecule has 2 aromatic carbocycles. The smallest absolute Gasteiger partial charge is 0.407 e.